The van der Waals surface area contributed by atoms with Gasteiger partial charge in [0.25, 0.3) is 0 Å². The number of halogens is 7. The Balaban J connectivity index is 3.54. The van der Waals surface area contributed by atoms with Gasteiger partial charge in [-0.05, 0) is 29.5 Å². The fourth-order valence-corrected chi connectivity index (χ4v) is 1.83. The van der Waals surface area contributed by atoms with Crippen LogP contribution in [0.5, 0.6) is 5.75 Å². The highest BCUT2D eigenvalue weighted by atomic mass is 127. The number of carbonyl (C=O) groups is 1. The normalized spacial score (nSPS) is 12.2. The van der Waals surface area contributed by atoms with Gasteiger partial charge in [-0.25, -0.2) is 9.78 Å². The van der Waals surface area contributed by atoms with Crippen molar-refractivity contribution >= 4 is 28.6 Å². The SMILES string of the molecule is CCOC(=O)c1c(OC(F)(F)F)cc(I)nc1C(F)(F)F. The zero-order valence-electron chi connectivity index (χ0n) is 10.1. The first-order valence-corrected chi connectivity index (χ1v) is 6.24. The molecular formula is C10H6F6INO3. The van der Waals surface area contributed by atoms with E-state index >= 15 is 0 Å². The maximum Gasteiger partial charge on any atom is 0.573 e. The molecule has 118 valence electrons. The highest BCUT2D eigenvalue weighted by Crippen LogP contribution is 2.37. The number of alkyl halides is 6. The Bertz CT molecular complexity index is 543. The minimum Gasteiger partial charge on any atom is -0.462 e. The standard InChI is InChI=1S/C10H6F6INO3/c1-2-20-8(19)6-4(21-10(14,15)16)3-5(17)18-7(6)9(11,12)13/h3H,2H2,1H3. The highest BCUT2D eigenvalue weighted by molar-refractivity contribution is 14.1. The summed E-state index contributed by atoms with van der Waals surface area (Å²) in [6.07, 6.45) is -10.4. The van der Waals surface area contributed by atoms with Crippen molar-refractivity contribution in [2.75, 3.05) is 6.61 Å². The summed E-state index contributed by atoms with van der Waals surface area (Å²) < 4.78 is 82.6. The molecule has 1 aromatic heterocycles. The van der Waals surface area contributed by atoms with E-state index in [4.69, 9.17) is 0 Å². The predicted octanol–water partition coefficient (Wildman–Crippen LogP) is 3.78. The number of esters is 1. The molecule has 0 fully saturated rings. The second-order valence-corrected chi connectivity index (χ2v) is 4.54. The summed E-state index contributed by atoms with van der Waals surface area (Å²) in [6.45, 7) is 0.961. The fraction of sp³-hybridized carbons (Fsp3) is 0.400. The molecular weight excluding hydrogens is 423 g/mol. The van der Waals surface area contributed by atoms with Crippen LogP contribution in [0.25, 0.3) is 0 Å². The molecule has 1 rings (SSSR count). The van der Waals surface area contributed by atoms with Crippen LogP contribution in [0.3, 0.4) is 0 Å². The van der Waals surface area contributed by atoms with E-state index in [0.717, 1.165) is 0 Å². The monoisotopic (exact) mass is 429 g/mol. The van der Waals surface area contributed by atoms with Crippen LogP contribution in [0.2, 0.25) is 0 Å². The van der Waals surface area contributed by atoms with Gasteiger partial charge in [0.15, 0.2) is 5.69 Å². The molecule has 0 saturated carbocycles. The van der Waals surface area contributed by atoms with Crippen molar-refractivity contribution in [1.82, 2.24) is 4.98 Å². The zero-order valence-corrected chi connectivity index (χ0v) is 12.3. The molecule has 0 aliphatic heterocycles. The molecule has 0 atom stereocenters. The largest absolute Gasteiger partial charge is 0.573 e. The number of hydrogen-bond acceptors (Lipinski definition) is 4. The molecule has 11 heteroatoms. The van der Waals surface area contributed by atoms with E-state index in [-0.39, 0.29) is 6.61 Å². The van der Waals surface area contributed by atoms with Gasteiger partial charge in [0.1, 0.15) is 15.0 Å². The van der Waals surface area contributed by atoms with Crippen molar-refractivity contribution in [3.63, 3.8) is 0 Å². The van der Waals surface area contributed by atoms with Crippen molar-refractivity contribution < 1.29 is 40.6 Å². The van der Waals surface area contributed by atoms with Gasteiger partial charge in [0.05, 0.1) is 6.61 Å². The summed E-state index contributed by atoms with van der Waals surface area (Å²) in [7, 11) is 0. The molecule has 21 heavy (non-hydrogen) atoms. The Hall–Kier alpha value is -1.27. The minimum atomic E-state index is -5.27. The first-order chi connectivity index (χ1) is 9.45. The number of aromatic nitrogens is 1. The van der Waals surface area contributed by atoms with Crippen molar-refractivity contribution in [2.24, 2.45) is 0 Å². The lowest BCUT2D eigenvalue weighted by atomic mass is 10.1. The fourth-order valence-electron chi connectivity index (χ4n) is 1.30. The molecule has 0 bridgehead atoms. The van der Waals surface area contributed by atoms with Gasteiger partial charge >= 0.3 is 18.5 Å². The van der Waals surface area contributed by atoms with E-state index in [1.165, 1.54) is 29.5 Å². The van der Waals surface area contributed by atoms with Crippen LogP contribution >= 0.6 is 22.6 Å². The van der Waals surface area contributed by atoms with Crippen LogP contribution in [0.15, 0.2) is 6.07 Å². The molecule has 0 N–H and O–H groups in total. The second kappa shape index (κ2) is 6.23. The molecule has 1 aromatic rings. The Morgan fingerprint density at radius 2 is 1.86 bits per heavy atom. The van der Waals surface area contributed by atoms with Gasteiger partial charge in [-0.1, -0.05) is 0 Å². The first kappa shape index (κ1) is 17.8. The smallest absolute Gasteiger partial charge is 0.462 e. The predicted molar refractivity (Wildman–Crippen MR) is 64.6 cm³/mol. The number of rotatable bonds is 3. The molecule has 0 aliphatic rings. The molecule has 0 unspecified atom stereocenters. The molecule has 0 aliphatic carbocycles. The summed E-state index contributed by atoms with van der Waals surface area (Å²) in [5.74, 6) is -2.92. The third kappa shape index (κ3) is 4.89. The topological polar surface area (TPSA) is 48.4 Å². The van der Waals surface area contributed by atoms with Gasteiger partial charge in [-0.15, -0.1) is 13.2 Å². The average molecular weight is 429 g/mol. The van der Waals surface area contributed by atoms with E-state index in [2.05, 4.69) is 14.5 Å². The maximum atomic E-state index is 12.8. The van der Waals surface area contributed by atoms with Crippen LogP contribution < -0.4 is 4.74 Å². The van der Waals surface area contributed by atoms with Crippen LogP contribution in [-0.2, 0) is 10.9 Å². The lowest BCUT2D eigenvalue weighted by Crippen LogP contribution is -2.24. The quantitative estimate of drug-likeness (QED) is 0.318. The summed E-state index contributed by atoms with van der Waals surface area (Å²) in [4.78, 5) is 14.6. The molecule has 0 amide bonds. The Labute approximate surface area is 127 Å². The van der Waals surface area contributed by atoms with Crippen LogP contribution in [0.1, 0.15) is 23.0 Å². The van der Waals surface area contributed by atoms with E-state index in [1.807, 2.05) is 0 Å². The number of nitrogens with zero attached hydrogens (tertiary/aromatic N) is 1. The van der Waals surface area contributed by atoms with Gasteiger partial charge in [-0.3, -0.25) is 0 Å². The van der Waals surface area contributed by atoms with Gasteiger partial charge in [-0.2, -0.15) is 13.2 Å². The van der Waals surface area contributed by atoms with Crippen molar-refractivity contribution in [3.05, 3.63) is 21.0 Å². The Morgan fingerprint density at radius 3 is 2.29 bits per heavy atom. The van der Waals surface area contributed by atoms with Crippen LogP contribution in [0, 0.1) is 3.70 Å². The molecule has 0 radical (unpaired) electrons. The minimum absolute atomic E-state index is 0.326. The van der Waals surface area contributed by atoms with Crippen molar-refractivity contribution in [2.45, 2.75) is 19.5 Å². The van der Waals surface area contributed by atoms with E-state index < -0.39 is 39.2 Å². The van der Waals surface area contributed by atoms with Crippen LogP contribution in [-0.4, -0.2) is 23.9 Å². The maximum absolute atomic E-state index is 12.8. The molecule has 4 nitrogen and oxygen atoms in total. The Morgan fingerprint density at radius 1 is 1.29 bits per heavy atom. The highest BCUT2D eigenvalue weighted by Gasteiger charge is 2.42. The lowest BCUT2D eigenvalue weighted by Gasteiger charge is -2.17. The number of ether oxygens (including phenoxy) is 2. The van der Waals surface area contributed by atoms with Gasteiger partial charge < -0.3 is 9.47 Å². The third-order valence-electron chi connectivity index (χ3n) is 1.93. The lowest BCUT2D eigenvalue weighted by molar-refractivity contribution is -0.275. The number of carbonyl (C=O) groups excluding carboxylic acids is 1. The summed E-state index contributed by atoms with van der Waals surface area (Å²) in [6, 6.07) is 0.565. The number of pyridine rings is 1. The van der Waals surface area contributed by atoms with Gasteiger partial charge in [0.2, 0.25) is 0 Å². The molecule has 0 saturated heterocycles. The first-order valence-electron chi connectivity index (χ1n) is 5.16. The van der Waals surface area contributed by atoms with E-state index in [0.29, 0.717) is 6.07 Å². The summed E-state index contributed by atoms with van der Waals surface area (Å²) in [5.41, 5.74) is -3.21. The van der Waals surface area contributed by atoms with Crippen LogP contribution in [0.4, 0.5) is 26.3 Å². The zero-order chi connectivity index (χ0) is 16.4. The molecule has 0 aromatic carbocycles. The third-order valence-corrected chi connectivity index (χ3v) is 2.48. The number of hydrogen-bond donors (Lipinski definition) is 0. The van der Waals surface area contributed by atoms with Crippen molar-refractivity contribution in [3.8, 4) is 5.75 Å². The van der Waals surface area contributed by atoms with E-state index in [9.17, 15) is 31.1 Å². The molecule has 1 heterocycles. The van der Waals surface area contributed by atoms with Crippen molar-refractivity contribution in [1.29, 1.82) is 0 Å². The van der Waals surface area contributed by atoms with E-state index in [1.54, 1.807) is 0 Å². The molecule has 0 spiro atoms. The second-order valence-electron chi connectivity index (χ2n) is 3.43. The summed E-state index contributed by atoms with van der Waals surface area (Å²) in [5, 5.41) is 0. The Kier molecular flexibility index (Phi) is 5.28. The average Bonchev–Trinajstić information content (AvgIpc) is 2.24. The van der Waals surface area contributed by atoms with Gasteiger partial charge in [0, 0.05) is 6.07 Å². The summed E-state index contributed by atoms with van der Waals surface area (Å²) >= 11 is 1.27.